The molecule has 0 aliphatic heterocycles. The number of methoxy groups -OCH3 is 1. The third-order valence-corrected chi connectivity index (χ3v) is 4.19. The minimum Gasteiger partial charge on any atom is -0.508 e. The Hall–Kier alpha value is -3.20. The fraction of sp³-hybridized carbons (Fsp3) is 0.0476. The summed E-state index contributed by atoms with van der Waals surface area (Å²) < 4.78 is 7.55. The largest absolute Gasteiger partial charge is 0.508 e. The summed E-state index contributed by atoms with van der Waals surface area (Å²) in [5, 5.41) is 10.7. The zero-order chi connectivity index (χ0) is 16.5. The van der Waals surface area contributed by atoms with Crippen LogP contribution in [-0.2, 0) is 0 Å². The lowest BCUT2D eigenvalue weighted by atomic mass is 10.1. The second-order valence-electron chi connectivity index (χ2n) is 5.67. The maximum absolute atomic E-state index is 9.60. The Bertz CT molecular complexity index is 986. The summed E-state index contributed by atoms with van der Waals surface area (Å²) in [5.74, 6) is 1.10. The third kappa shape index (κ3) is 2.40. The predicted octanol–water partition coefficient (Wildman–Crippen LogP) is 5.01. The van der Waals surface area contributed by atoms with Crippen LogP contribution < -0.4 is 4.74 Å². The first-order chi connectivity index (χ1) is 11.8. The molecule has 0 spiro atoms. The van der Waals surface area contributed by atoms with Crippen LogP contribution in [0.2, 0.25) is 0 Å². The fourth-order valence-electron chi connectivity index (χ4n) is 3.02. The fourth-order valence-corrected chi connectivity index (χ4v) is 3.02. The number of benzene rings is 3. The normalized spacial score (nSPS) is 10.9. The van der Waals surface area contributed by atoms with Crippen molar-refractivity contribution in [2.75, 3.05) is 7.11 Å². The number of hydrogen-bond acceptors (Lipinski definition) is 2. The average molecular weight is 315 g/mol. The summed E-state index contributed by atoms with van der Waals surface area (Å²) >= 11 is 0. The zero-order valence-electron chi connectivity index (χ0n) is 13.3. The van der Waals surface area contributed by atoms with E-state index in [4.69, 9.17) is 4.74 Å². The molecule has 0 saturated heterocycles. The Kier molecular flexibility index (Phi) is 3.47. The van der Waals surface area contributed by atoms with Gasteiger partial charge in [-0.05, 0) is 54.1 Å². The Morgan fingerprint density at radius 3 is 2.29 bits per heavy atom. The lowest BCUT2D eigenvalue weighted by Gasteiger charge is -2.11. The molecule has 1 heterocycles. The van der Waals surface area contributed by atoms with E-state index >= 15 is 0 Å². The average Bonchev–Trinajstić information content (AvgIpc) is 3.01. The standard InChI is InChI=1S/C21H17NO2/c1-24-19-11-12-20-16(13-19)14-21(15-5-3-2-4-6-15)22(20)17-7-9-18(23)10-8-17/h2-14,23H,1H3. The molecule has 0 aliphatic rings. The van der Waals surface area contributed by atoms with E-state index in [1.165, 1.54) is 0 Å². The molecule has 0 fully saturated rings. The highest BCUT2D eigenvalue weighted by Crippen LogP contribution is 2.33. The first-order valence-electron chi connectivity index (χ1n) is 7.80. The van der Waals surface area contributed by atoms with Gasteiger partial charge in [0.05, 0.1) is 18.3 Å². The highest BCUT2D eigenvalue weighted by Gasteiger charge is 2.13. The molecule has 24 heavy (non-hydrogen) atoms. The van der Waals surface area contributed by atoms with Crippen molar-refractivity contribution in [1.82, 2.24) is 4.57 Å². The summed E-state index contributed by atoms with van der Waals surface area (Å²) in [7, 11) is 1.68. The number of hydrogen-bond donors (Lipinski definition) is 1. The number of phenolic OH excluding ortho intramolecular Hbond substituents is 1. The van der Waals surface area contributed by atoms with Gasteiger partial charge in [-0.1, -0.05) is 30.3 Å². The lowest BCUT2D eigenvalue weighted by molar-refractivity contribution is 0.415. The van der Waals surface area contributed by atoms with E-state index in [1.54, 1.807) is 19.2 Å². The lowest BCUT2D eigenvalue weighted by Crippen LogP contribution is -1.96. The number of rotatable bonds is 3. The number of ether oxygens (including phenoxy) is 1. The molecule has 0 amide bonds. The molecular formula is C21H17NO2. The van der Waals surface area contributed by atoms with Crippen molar-refractivity contribution in [1.29, 1.82) is 0 Å². The molecule has 3 aromatic carbocycles. The Labute approximate surface area is 140 Å². The topological polar surface area (TPSA) is 34.4 Å². The predicted molar refractivity (Wildman–Crippen MR) is 96.9 cm³/mol. The Morgan fingerprint density at radius 2 is 1.58 bits per heavy atom. The summed E-state index contributed by atoms with van der Waals surface area (Å²) in [6, 6.07) is 25.8. The Balaban J connectivity index is 2.02. The van der Waals surface area contributed by atoms with Gasteiger partial charge in [0.15, 0.2) is 0 Å². The van der Waals surface area contributed by atoms with Crippen LogP contribution >= 0.6 is 0 Å². The molecule has 1 N–H and O–H groups in total. The number of aromatic hydroxyl groups is 1. The minimum absolute atomic E-state index is 0.262. The summed E-state index contributed by atoms with van der Waals surface area (Å²) in [6.45, 7) is 0. The molecule has 118 valence electrons. The van der Waals surface area contributed by atoms with E-state index in [-0.39, 0.29) is 5.75 Å². The van der Waals surface area contributed by atoms with E-state index in [0.29, 0.717) is 0 Å². The van der Waals surface area contributed by atoms with Crippen molar-refractivity contribution >= 4 is 10.9 Å². The highest BCUT2D eigenvalue weighted by atomic mass is 16.5. The molecule has 0 unspecified atom stereocenters. The van der Waals surface area contributed by atoms with Crippen LogP contribution in [0.5, 0.6) is 11.5 Å². The molecule has 0 aliphatic carbocycles. The molecule has 4 aromatic rings. The van der Waals surface area contributed by atoms with Gasteiger partial charge in [0.2, 0.25) is 0 Å². The van der Waals surface area contributed by atoms with Crippen LogP contribution in [0.15, 0.2) is 78.9 Å². The van der Waals surface area contributed by atoms with Gasteiger partial charge in [-0.2, -0.15) is 0 Å². The number of aromatic nitrogens is 1. The van der Waals surface area contributed by atoms with Crippen LogP contribution in [0, 0.1) is 0 Å². The number of phenols is 1. The molecule has 0 atom stereocenters. The van der Waals surface area contributed by atoms with Gasteiger partial charge in [-0.25, -0.2) is 0 Å². The molecule has 0 saturated carbocycles. The van der Waals surface area contributed by atoms with Crippen molar-refractivity contribution in [3.05, 3.63) is 78.9 Å². The van der Waals surface area contributed by atoms with Gasteiger partial charge in [0, 0.05) is 11.1 Å². The Morgan fingerprint density at radius 1 is 0.833 bits per heavy atom. The van der Waals surface area contributed by atoms with Gasteiger partial charge in [0.25, 0.3) is 0 Å². The van der Waals surface area contributed by atoms with Crippen molar-refractivity contribution in [3.63, 3.8) is 0 Å². The monoisotopic (exact) mass is 315 g/mol. The van der Waals surface area contributed by atoms with Crippen molar-refractivity contribution < 1.29 is 9.84 Å². The quantitative estimate of drug-likeness (QED) is 0.576. The van der Waals surface area contributed by atoms with Crippen LogP contribution in [0.3, 0.4) is 0 Å². The smallest absolute Gasteiger partial charge is 0.119 e. The number of nitrogens with zero attached hydrogens (tertiary/aromatic N) is 1. The maximum Gasteiger partial charge on any atom is 0.119 e. The molecule has 3 nitrogen and oxygen atoms in total. The van der Waals surface area contributed by atoms with Gasteiger partial charge in [-0.3, -0.25) is 0 Å². The second kappa shape index (κ2) is 5.78. The van der Waals surface area contributed by atoms with E-state index in [0.717, 1.165) is 33.6 Å². The second-order valence-corrected chi connectivity index (χ2v) is 5.67. The first-order valence-corrected chi connectivity index (χ1v) is 7.80. The SMILES string of the molecule is COc1ccc2c(c1)cc(-c1ccccc1)n2-c1ccc(O)cc1. The van der Waals surface area contributed by atoms with E-state index in [9.17, 15) is 5.11 Å². The third-order valence-electron chi connectivity index (χ3n) is 4.19. The minimum atomic E-state index is 0.262. The molecular weight excluding hydrogens is 298 g/mol. The van der Waals surface area contributed by atoms with Gasteiger partial charge in [-0.15, -0.1) is 0 Å². The van der Waals surface area contributed by atoms with Crippen LogP contribution in [0.25, 0.3) is 27.8 Å². The summed E-state index contributed by atoms with van der Waals surface area (Å²) in [5.41, 5.74) is 4.34. The van der Waals surface area contributed by atoms with Gasteiger partial charge >= 0.3 is 0 Å². The molecule has 4 rings (SSSR count). The summed E-state index contributed by atoms with van der Waals surface area (Å²) in [6.07, 6.45) is 0. The van der Waals surface area contributed by atoms with Crippen LogP contribution in [-0.4, -0.2) is 16.8 Å². The molecule has 1 aromatic heterocycles. The van der Waals surface area contributed by atoms with Crippen molar-refractivity contribution in [2.45, 2.75) is 0 Å². The van der Waals surface area contributed by atoms with Crippen molar-refractivity contribution in [3.8, 4) is 28.4 Å². The molecule has 3 heteroatoms. The van der Waals surface area contributed by atoms with Gasteiger partial charge < -0.3 is 14.4 Å². The maximum atomic E-state index is 9.60. The van der Waals surface area contributed by atoms with Crippen LogP contribution in [0.1, 0.15) is 0 Å². The molecule has 0 bridgehead atoms. The molecule has 0 radical (unpaired) electrons. The van der Waals surface area contributed by atoms with Crippen molar-refractivity contribution in [2.24, 2.45) is 0 Å². The first kappa shape index (κ1) is 14.4. The number of fused-ring (bicyclic) bond motifs is 1. The zero-order valence-corrected chi connectivity index (χ0v) is 13.3. The van der Waals surface area contributed by atoms with E-state index < -0.39 is 0 Å². The van der Waals surface area contributed by atoms with E-state index in [1.807, 2.05) is 42.5 Å². The van der Waals surface area contributed by atoms with Crippen LogP contribution in [0.4, 0.5) is 0 Å². The summed E-state index contributed by atoms with van der Waals surface area (Å²) in [4.78, 5) is 0. The van der Waals surface area contributed by atoms with Gasteiger partial charge in [0.1, 0.15) is 11.5 Å². The highest BCUT2D eigenvalue weighted by molar-refractivity contribution is 5.90. The van der Waals surface area contributed by atoms with E-state index in [2.05, 4.69) is 28.8 Å².